The van der Waals surface area contributed by atoms with E-state index in [-0.39, 0.29) is 15.7 Å². The number of para-hydroxylation sites is 1. The molecular formula is C20H18Cl2N2O4. The first kappa shape index (κ1) is 18.9. The minimum Gasteiger partial charge on any atom is -0.495 e. The predicted octanol–water partition coefficient (Wildman–Crippen LogP) is 5.44. The quantitative estimate of drug-likeness (QED) is 0.477. The molecular weight excluding hydrogens is 403 g/mol. The molecule has 0 aliphatic carbocycles. The van der Waals surface area contributed by atoms with Crippen LogP contribution in [0.15, 0.2) is 30.3 Å². The van der Waals surface area contributed by atoms with Crippen LogP contribution in [0.2, 0.25) is 10.0 Å². The van der Waals surface area contributed by atoms with Crippen molar-refractivity contribution in [2.45, 2.75) is 25.0 Å². The van der Waals surface area contributed by atoms with Crippen LogP contribution >= 0.6 is 23.2 Å². The van der Waals surface area contributed by atoms with Crippen LogP contribution in [0, 0.1) is 10.1 Å². The summed E-state index contributed by atoms with van der Waals surface area (Å²) >= 11 is 12.4. The van der Waals surface area contributed by atoms with E-state index < -0.39 is 16.1 Å². The lowest BCUT2D eigenvalue weighted by molar-refractivity contribution is -0.384. The number of rotatable bonds is 2. The molecule has 146 valence electrons. The third-order valence-electron chi connectivity index (χ3n) is 5.74. The first-order valence-corrected chi connectivity index (χ1v) is 9.37. The van der Waals surface area contributed by atoms with E-state index in [9.17, 15) is 10.1 Å². The van der Waals surface area contributed by atoms with Crippen molar-refractivity contribution in [3.05, 3.63) is 61.6 Å². The van der Waals surface area contributed by atoms with Gasteiger partial charge in [0.15, 0.2) is 0 Å². The van der Waals surface area contributed by atoms with E-state index >= 15 is 0 Å². The van der Waals surface area contributed by atoms with Crippen molar-refractivity contribution >= 4 is 40.7 Å². The number of fused-ring (bicyclic) bond motifs is 2. The van der Waals surface area contributed by atoms with Crippen molar-refractivity contribution in [3.8, 4) is 11.5 Å². The summed E-state index contributed by atoms with van der Waals surface area (Å²) in [6, 6.07) is 7.35. The van der Waals surface area contributed by atoms with Crippen LogP contribution in [0.4, 0.5) is 11.4 Å². The van der Waals surface area contributed by atoms with Gasteiger partial charge in [0.25, 0.3) is 0 Å². The summed E-state index contributed by atoms with van der Waals surface area (Å²) in [5, 5.41) is 11.2. The highest BCUT2D eigenvalue weighted by molar-refractivity contribution is 6.39. The number of ether oxygens (including phenoxy) is 2. The van der Waals surface area contributed by atoms with E-state index in [4.69, 9.17) is 32.7 Å². The van der Waals surface area contributed by atoms with Crippen molar-refractivity contribution in [1.29, 1.82) is 0 Å². The third kappa shape index (κ3) is 2.22. The zero-order valence-corrected chi connectivity index (χ0v) is 17.3. The number of likely N-dealkylation sites (N-methyl/N-ethyl adjacent to an activating group) is 1. The molecule has 6 nitrogen and oxygen atoms in total. The number of nitro groups is 1. The Kier molecular flexibility index (Phi) is 4.07. The molecule has 0 bridgehead atoms. The Labute approximate surface area is 172 Å². The Hall–Kier alpha value is -2.44. The number of methoxy groups -OCH3 is 1. The van der Waals surface area contributed by atoms with Gasteiger partial charge >= 0.3 is 5.69 Å². The first-order chi connectivity index (χ1) is 13.2. The minimum atomic E-state index is -0.875. The van der Waals surface area contributed by atoms with Gasteiger partial charge in [-0.3, -0.25) is 10.1 Å². The molecule has 8 heteroatoms. The van der Waals surface area contributed by atoms with E-state index in [0.29, 0.717) is 11.3 Å². The molecule has 2 aromatic rings. The number of hydrogen-bond acceptors (Lipinski definition) is 5. The second-order valence-electron chi connectivity index (χ2n) is 7.36. The van der Waals surface area contributed by atoms with Crippen LogP contribution < -0.4 is 14.4 Å². The van der Waals surface area contributed by atoms with E-state index in [1.165, 1.54) is 6.07 Å². The highest BCUT2D eigenvalue weighted by Crippen LogP contribution is 2.58. The normalized spacial score (nSPS) is 21.3. The summed E-state index contributed by atoms with van der Waals surface area (Å²) in [4.78, 5) is 12.7. The number of benzene rings is 2. The van der Waals surface area contributed by atoms with Gasteiger partial charge in [0.2, 0.25) is 5.72 Å². The van der Waals surface area contributed by atoms with E-state index in [0.717, 1.165) is 17.0 Å². The maximum absolute atomic E-state index is 11.3. The van der Waals surface area contributed by atoms with Gasteiger partial charge in [0.05, 0.1) is 23.1 Å². The Morgan fingerprint density at radius 1 is 1.29 bits per heavy atom. The standard InChI is InChI=1S/C20H18Cl2N2O4/c1-19(2)12-6-5-7-14(27-4)17(12)23(3)20(19)9-8-11-15(28-20)10-13(21)18(16(11)22)24(25)26/h5-10H,1-4H3. The minimum absolute atomic E-state index is 0.0350. The summed E-state index contributed by atoms with van der Waals surface area (Å²) < 4.78 is 12.0. The zero-order chi connectivity index (χ0) is 20.4. The van der Waals surface area contributed by atoms with Crippen LogP contribution in [0.3, 0.4) is 0 Å². The monoisotopic (exact) mass is 420 g/mol. The van der Waals surface area contributed by atoms with E-state index in [1.807, 2.05) is 36.2 Å². The fourth-order valence-corrected chi connectivity index (χ4v) is 4.88. The molecule has 28 heavy (non-hydrogen) atoms. The molecule has 0 amide bonds. The average Bonchev–Trinajstić information content (AvgIpc) is 2.80. The second kappa shape index (κ2) is 6.03. The Balaban J connectivity index is 1.91. The second-order valence-corrected chi connectivity index (χ2v) is 8.15. The first-order valence-electron chi connectivity index (χ1n) is 8.61. The highest BCUT2D eigenvalue weighted by atomic mass is 35.5. The summed E-state index contributed by atoms with van der Waals surface area (Å²) in [5.74, 6) is 1.14. The summed E-state index contributed by atoms with van der Waals surface area (Å²) in [7, 11) is 3.56. The Morgan fingerprint density at radius 2 is 2.00 bits per heavy atom. The predicted molar refractivity (Wildman–Crippen MR) is 110 cm³/mol. The summed E-state index contributed by atoms with van der Waals surface area (Å²) in [6.45, 7) is 4.16. The molecule has 2 aliphatic rings. The molecule has 1 unspecified atom stereocenters. The maximum atomic E-state index is 11.3. The van der Waals surface area contributed by atoms with Crippen LogP contribution in [0.5, 0.6) is 11.5 Å². The lowest BCUT2D eigenvalue weighted by Crippen LogP contribution is -2.58. The van der Waals surface area contributed by atoms with Gasteiger partial charge in [-0.25, -0.2) is 0 Å². The molecule has 2 heterocycles. The number of nitro benzene ring substituents is 1. The fraction of sp³-hybridized carbons (Fsp3) is 0.300. The third-order valence-corrected chi connectivity index (χ3v) is 6.41. The van der Waals surface area contributed by atoms with Crippen LogP contribution in [0.1, 0.15) is 25.0 Å². The van der Waals surface area contributed by atoms with Gasteiger partial charge in [-0.05, 0) is 37.6 Å². The molecule has 4 rings (SSSR count). The van der Waals surface area contributed by atoms with Crippen molar-refractivity contribution in [3.63, 3.8) is 0 Å². The number of halogens is 2. The van der Waals surface area contributed by atoms with Gasteiger partial charge in [-0.15, -0.1) is 0 Å². The Morgan fingerprint density at radius 3 is 2.64 bits per heavy atom. The number of nitrogens with zero attached hydrogens (tertiary/aromatic N) is 2. The molecule has 0 saturated heterocycles. The van der Waals surface area contributed by atoms with Crippen molar-refractivity contribution in [1.82, 2.24) is 0 Å². The van der Waals surface area contributed by atoms with Crippen molar-refractivity contribution in [2.24, 2.45) is 0 Å². The van der Waals surface area contributed by atoms with E-state index in [2.05, 4.69) is 13.8 Å². The van der Waals surface area contributed by atoms with Crippen LogP contribution in [0.25, 0.3) is 6.08 Å². The number of hydrogen-bond donors (Lipinski definition) is 0. The lowest BCUT2D eigenvalue weighted by atomic mass is 9.76. The zero-order valence-electron chi connectivity index (χ0n) is 15.7. The maximum Gasteiger partial charge on any atom is 0.307 e. The molecule has 2 aliphatic heterocycles. The molecule has 0 N–H and O–H groups in total. The van der Waals surface area contributed by atoms with Gasteiger partial charge in [0, 0.05) is 18.7 Å². The summed E-state index contributed by atoms with van der Waals surface area (Å²) in [6.07, 6.45) is 3.65. The van der Waals surface area contributed by atoms with Gasteiger partial charge < -0.3 is 14.4 Å². The lowest BCUT2D eigenvalue weighted by Gasteiger charge is -2.45. The summed E-state index contributed by atoms with van der Waals surface area (Å²) in [5.41, 5.74) is 0.787. The molecule has 0 saturated carbocycles. The molecule has 0 fully saturated rings. The van der Waals surface area contributed by atoms with Crippen LogP contribution in [-0.2, 0) is 5.41 Å². The smallest absolute Gasteiger partial charge is 0.307 e. The molecule has 1 spiro atoms. The molecule has 0 aromatic heterocycles. The molecule has 2 aromatic carbocycles. The topological polar surface area (TPSA) is 64.8 Å². The largest absolute Gasteiger partial charge is 0.495 e. The van der Waals surface area contributed by atoms with Crippen molar-refractivity contribution in [2.75, 3.05) is 19.1 Å². The Bertz CT molecular complexity index is 1050. The van der Waals surface area contributed by atoms with Crippen molar-refractivity contribution < 1.29 is 14.4 Å². The SMILES string of the molecule is COc1cccc2c1N(C)C1(C=Cc3c(cc(Cl)c([N+](=O)[O-])c3Cl)O1)C2(C)C. The van der Waals surface area contributed by atoms with Gasteiger partial charge in [-0.1, -0.05) is 35.3 Å². The average molecular weight is 421 g/mol. The van der Waals surface area contributed by atoms with E-state index in [1.54, 1.807) is 13.2 Å². The number of anilines is 1. The fourth-order valence-electron chi connectivity index (χ4n) is 4.24. The van der Waals surface area contributed by atoms with Gasteiger partial charge in [-0.2, -0.15) is 0 Å². The van der Waals surface area contributed by atoms with Crippen LogP contribution in [-0.4, -0.2) is 24.8 Å². The highest BCUT2D eigenvalue weighted by Gasteiger charge is 2.58. The molecule has 0 radical (unpaired) electrons. The van der Waals surface area contributed by atoms with Gasteiger partial charge in [0.1, 0.15) is 21.5 Å². The molecule has 1 atom stereocenters.